The van der Waals surface area contributed by atoms with Crippen LogP contribution in [0.1, 0.15) is 25.8 Å². The predicted octanol–water partition coefficient (Wildman–Crippen LogP) is 2.36. The Morgan fingerprint density at radius 2 is 1.92 bits per heavy atom. The van der Waals surface area contributed by atoms with Crippen molar-refractivity contribution in [2.75, 3.05) is 31.6 Å². The monoisotopic (exact) mass is 343 g/mol. The van der Waals surface area contributed by atoms with Crippen LogP contribution in [0.2, 0.25) is 0 Å². The number of anilines is 1. The number of hydrogen-bond acceptors (Lipinski definition) is 7. The zero-order chi connectivity index (χ0) is 17.5. The molecule has 25 heavy (non-hydrogen) atoms. The molecule has 1 aromatic carbocycles. The molecule has 1 N–H and O–H groups in total. The van der Waals surface area contributed by atoms with E-state index in [0.29, 0.717) is 24.6 Å². The van der Waals surface area contributed by atoms with Gasteiger partial charge in [-0.3, -0.25) is 4.90 Å². The van der Waals surface area contributed by atoms with E-state index >= 15 is 0 Å². The van der Waals surface area contributed by atoms with E-state index in [0.717, 1.165) is 32.6 Å². The maximum Gasteiger partial charge on any atom is 0.324 e. The fourth-order valence-electron chi connectivity index (χ4n) is 2.85. The van der Waals surface area contributed by atoms with Crippen molar-refractivity contribution in [1.29, 1.82) is 0 Å². The van der Waals surface area contributed by atoms with Crippen LogP contribution in [0, 0.1) is 0 Å². The van der Waals surface area contributed by atoms with Gasteiger partial charge in [-0.15, -0.1) is 4.98 Å². The first-order valence-corrected chi connectivity index (χ1v) is 8.82. The minimum Gasteiger partial charge on any atom is -0.464 e. The molecule has 2 heterocycles. The topological polar surface area (TPSA) is 72.4 Å². The summed E-state index contributed by atoms with van der Waals surface area (Å²) < 4.78 is 11.4. The van der Waals surface area contributed by atoms with Gasteiger partial charge in [-0.1, -0.05) is 30.3 Å². The van der Waals surface area contributed by atoms with Crippen LogP contribution >= 0.6 is 0 Å². The van der Waals surface area contributed by atoms with Crippen LogP contribution < -0.4 is 14.8 Å². The van der Waals surface area contributed by atoms with Gasteiger partial charge in [0.25, 0.3) is 0 Å². The molecule has 1 atom stereocenters. The van der Waals surface area contributed by atoms with Crippen LogP contribution in [0.5, 0.6) is 12.0 Å². The molecule has 0 spiro atoms. The molecule has 1 aromatic heterocycles. The van der Waals surface area contributed by atoms with Gasteiger partial charge in [0.05, 0.1) is 6.61 Å². The molecule has 134 valence electrons. The molecule has 3 rings (SSSR count). The summed E-state index contributed by atoms with van der Waals surface area (Å²) in [5.74, 6) is 0.482. The number of nitrogens with zero attached hydrogens (tertiary/aromatic N) is 4. The lowest BCUT2D eigenvalue weighted by Gasteiger charge is -2.16. The molecule has 0 radical (unpaired) electrons. The minimum absolute atomic E-state index is 0.0788. The molecule has 0 bridgehead atoms. The Hall–Kier alpha value is -2.41. The Morgan fingerprint density at radius 3 is 2.68 bits per heavy atom. The zero-order valence-corrected chi connectivity index (χ0v) is 14.8. The van der Waals surface area contributed by atoms with Gasteiger partial charge >= 0.3 is 12.0 Å². The van der Waals surface area contributed by atoms with E-state index in [1.807, 2.05) is 19.9 Å². The summed E-state index contributed by atoms with van der Waals surface area (Å²) in [6.45, 7) is 7.92. The molecule has 1 fully saturated rings. The standard InChI is InChI=1S/C18H25N5O2/c1-3-19-16-20-17(24-4-2)22-18(21-16)25-15-10-11-23(13-15)12-14-8-6-5-7-9-14/h5-9,15H,3-4,10-13H2,1-2H3,(H,19,20,21,22). The first-order chi connectivity index (χ1) is 12.3. The second-order valence-corrected chi connectivity index (χ2v) is 5.94. The maximum absolute atomic E-state index is 5.99. The lowest BCUT2D eigenvalue weighted by atomic mass is 10.2. The molecule has 1 aliphatic rings. The van der Waals surface area contributed by atoms with Gasteiger partial charge in [0.15, 0.2) is 0 Å². The quantitative estimate of drug-likeness (QED) is 0.789. The Labute approximate surface area is 148 Å². The summed E-state index contributed by atoms with van der Waals surface area (Å²) in [5.41, 5.74) is 1.32. The molecule has 7 nitrogen and oxygen atoms in total. The summed E-state index contributed by atoms with van der Waals surface area (Å²) >= 11 is 0. The fraction of sp³-hybridized carbons (Fsp3) is 0.500. The lowest BCUT2D eigenvalue weighted by Crippen LogP contribution is -2.25. The van der Waals surface area contributed by atoms with Crippen molar-refractivity contribution in [1.82, 2.24) is 19.9 Å². The summed E-state index contributed by atoms with van der Waals surface area (Å²) in [7, 11) is 0. The third kappa shape index (κ3) is 5.03. The molecule has 7 heteroatoms. The van der Waals surface area contributed by atoms with Gasteiger partial charge in [-0.25, -0.2) is 0 Å². The highest BCUT2D eigenvalue weighted by Crippen LogP contribution is 2.20. The minimum atomic E-state index is 0.0788. The van der Waals surface area contributed by atoms with Crippen molar-refractivity contribution in [2.45, 2.75) is 32.9 Å². The molecular formula is C18H25N5O2. The first-order valence-electron chi connectivity index (χ1n) is 8.82. The van der Waals surface area contributed by atoms with Crippen molar-refractivity contribution in [3.63, 3.8) is 0 Å². The van der Waals surface area contributed by atoms with Gasteiger partial charge in [0.1, 0.15) is 6.10 Å². The van der Waals surface area contributed by atoms with E-state index in [4.69, 9.17) is 9.47 Å². The van der Waals surface area contributed by atoms with Crippen molar-refractivity contribution in [3.8, 4) is 12.0 Å². The van der Waals surface area contributed by atoms with E-state index in [2.05, 4.69) is 49.4 Å². The molecule has 0 amide bonds. The van der Waals surface area contributed by atoms with Crippen molar-refractivity contribution in [3.05, 3.63) is 35.9 Å². The number of aromatic nitrogens is 3. The van der Waals surface area contributed by atoms with Crippen molar-refractivity contribution in [2.24, 2.45) is 0 Å². The lowest BCUT2D eigenvalue weighted by molar-refractivity contribution is 0.179. The van der Waals surface area contributed by atoms with E-state index in [1.165, 1.54) is 5.56 Å². The van der Waals surface area contributed by atoms with Gasteiger partial charge in [-0.05, 0) is 25.8 Å². The number of likely N-dealkylation sites (tertiary alicyclic amines) is 1. The van der Waals surface area contributed by atoms with Gasteiger partial charge < -0.3 is 14.8 Å². The number of benzene rings is 1. The zero-order valence-electron chi connectivity index (χ0n) is 14.8. The van der Waals surface area contributed by atoms with Crippen LogP contribution in [-0.2, 0) is 6.54 Å². The SMILES string of the molecule is CCNc1nc(OCC)nc(OC2CCN(Cc3ccccc3)C2)n1. The fourth-order valence-corrected chi connectivity index (χ4v) is 2.85. The molecule has 0 aliphatic carbocycles. The highest BCUT2D eigenvalue weighted by atomic mass is 16.5. The van der Waals surface area contributed by atoms with Gasteiger partial charge in [0, 0.05) is 26.2 Å². The second-order valence-electron chi connectivity index (χ2n) is 5.94. The summed E-state index contributed by atoms with van der Waals surface area (Å²) in [4.78, 5) is 15.2. The van der Waals surface area contributed by atoms with E-state index in [1.54, 1.807) is 0 Å². The molecule has 1 aliphatic heterocycles. The van der Waals surface area contributed by atoms with Crippen LogP contribution in [0.25, 0.3) is 0 Å². The molecular weight excluding hydrogens is 318 g/mol. The average Bonchev–Trinajstić information content (AvgIpc) is 3.03. The van der Waals surface area contributed by atoms with E-state index < -0.39 is 0 Å². The van der Waals surface area contributed by atoms with Crippen LogP contribution in [0.4, 0.5) is 5.95 Å². The van der Waals surface area contributed by atoms with Crippen LogP contribution in [-0.4, -0.2) is 52.2 Å². The molecule has 1 saturated heterocycles. The summed E-state index contributed by atoms with van der Waals surface area (Å²) in [5, 5.41) is 3.08. The van der Waals surface area contributed by atoms with Crippen molar-refractivity contribution >= 4 is 5.95 Å². The maximum atomic E-state index is 5.99. The average molecular weight is 343 g/mol. The van der Waals surface area contributed by atoms with Crippen molar-refractivity contribution < 1.29 is 9.47 Å². The van der Waals surface area contributed by atoms with Gasteiger partial charge in [0.2, 0.25) is 5.95 Å². The number of rotatable bonds is 8. The summed E-state index contributed by atoms with van der Waals surface area (Å²) in [6.07, 6.45) is 1.04. The van der Waals surface area contributed by atoms with Crippen LogP contribution in [0.3, 0.4) is 0 Å². The second kappa shape index (κ2) is 8.62. The third-order valence-electron chi connectivity index (χ3n) is 3.95. The van der Waals surface area contributed by atoms with E-state index in [9.17, 15) is 0 Å². The number of hydrogen-bond donors (Lipinski definition) is 1. The Bertz CT molecular complexity index is 644. The molecule has 0 saturated carbocycles. The largest absolute Gasteiger partial charge is 0.464 e. The Balaban J connectivity index is 1.60. The Kier molecular flexibility index (Phi) is 6.00. The smallest absolute Gasteiger partial charge is 0.324 e. The van der Waals surface area contributed by atoms with E-state index in [-0.39, 0.29) is 6.10 Å². The normalized spacial score (nSPS) is 17.4. The molecule has 2 aromatic rings. The number of nitrogens with one attached hydrogen (secondary N) is 1. The Morgan fingerprint density at radius 1 is 1.12 bits per heavy atom. The first kappa shape index (κ1) is 17.4. The molecule has 1 unspecified atom stereocenters. The highest BCUT2D eigenvalue weighted by Gasteiger charge is 2.25. The third-order valence-corrected chi connectivity index (χ3v) is 3.95. The highest BCUT2D eigenvalue weighted by molar-refractivity contribution is 5.27. The van der Waals surface area contributed by atoms with Crippen LogP contribution in [0.15, 0.2) is 30.3 Å². The summed E-state index contributed by atoms with van der Waals surface area (Å²) in [6, 6.07) is 11.1. The van der Waals surface area contributed by atoms with Gasteiger partial charge in [-0.2, -0.15) is 9.97 Å². The number of ether oxygens (including phenoxy) is 2. The predicted molar refractivity (Wildman–Crippen MR) is 95.9 cm³/mol.